The first-order valence-electron chi connectivity index (χ1n) is 7.13. The van der Waals surface area contributed by atoms with Crippen molar-refractivity contribution < 1.29 is 13.6 Å². The Kier molecular flexibility index (Phi) is 3.92. The number of fused-ring (bicyclic) bond motifs is 1. The van der Waals surface area contributed by atoms with Gasteiger partial charge in [-0.3, -0.25) is 10.1 Å². The number of alkyl halides is 2. The van der Waals surface area contributed by atoms with Gasteiger partial charge in [-0.15, -0.1) is 5.10 Å². The van der Waals surface area contributed by atoms with Crippen LogP contribution in [0.5, 0.6) is 0 Å². The molecule has 0 aliphatic heterocycles. The van der Waals surface area contributed by atoms with Gasteiger partial charge in [-0.2, -0.15) is 9.67 Å². The number of aromatic nitrogens is 5. The minimum atomic E-state index is -2.81. The lowest BCUT2D eigenvalue weighted by Crippen LogP contribution is -2.37. The van der Waals surface area contributed by atoms with E-state index < -0.39 is 17.7 Å². The topological polar surface area (TPSA) is 85.6 Å². The minimum Gasteiger partial charge on any atom is -0.294 e. The molecule has 2 aromatic heterocycles. The lowest BCUT2D eigenvalue weighted by Gasteiger charge is -2.21. The zero-order valence-electron chi connectivity index (χ0n) is 12.9. The van der Waals surface area contributed by atoms with Crippen molar-refractivity contribution >= 4 is 22.9 Å². The lowest BCUT2D eigenvalue weighted by molar-refractivity contribution is -0.131. The molecule has 0 bridgehead atoms. The number of carbonyl (C=O) groups excluding carboxylic acids is 1. The van der Waals surface area contributed by atoms with Gasteiger partial charge >= 0.3 is 0 Å². The third-order valence-corrected chi connectivity index (χ3v) is 3.57. The summed E-state index contributed by atoms with van der Waals surface area (Å²) >= 11 is 0. The Labute approximate surface area is 135 Å². The molecule has 0 saturated carbocycles. The number of carbonyl (C=O) groups is 1. The van der Waals surface area contributed by atoms with Gasteiger partial charge < -0.3 is 0 Å². The average Bonchev–Trinajstić information content (AvgIpc) is 2.99. The standard InChI is InChI=1S/C15H14F2N6O/c1-15(2,12(16)17)13(24)20-14-18-8-7-11(19-14)23-10-6-4-3-5-9(10)21-22-23/h3-8,12H,1-2H3,(H,18,19,20,24). The number of nitrogens with one attached hydrogen (secondary N) is 1. The molecule has 3 aromatic rings. The number of rotatable bonds is 4. The van der Waals surface area contributed by atoms with Crippen LogP contribution in [0.1, 0.15) is 13.8 Å². The first kappa shape index (κ1) is 15.9. The second-order valence-electron chi connectivity index (χ2n) is 5.70. The van der Waals surface area contributed by atoms with Crippen LogP contribution in [0.3, 0.4) is 0 Å². The van der Waals surface area contributed by atoms with E-state index in [0.29, 0.717) is 11.3 Å². The molecule has 2 heterocycles. The quantitative estimate of drug-likeness (QED) is 0.793. The molecule has 9 heteroatoms. The summed E-state index contributed by atoms with van der Waals surface area (Å²) in [4.78, 5) is 20.0. The van der Waals surface area contributed by atoms with E-state index >= 15 is 0 Å². The Balaban J connectivity index is 1.91. The summed E-state index contributed by atoms with van der Waals surface area (Å²) in [5.74, 6) is -0.576. The maximum absolute atomic E-state index is 12.9. The Morgan fingerprint density at radius 3 is 2.75 bits per heavy atom. The average molecular weight is 332 g/mol. The van der Waals surface area contributed by atoms with Crippen LogP contribution >= 0.6 is 0 Å². The summed E-state index contributed by atoms with van der Waals surface area (Å²) in [6, 6.07) is 8.86. The normalized spacial score (nSPS) is 11.9. The molecule has 0 spiro atoms. The van der Waals surface area contributed by atoms with Gasteiger partial charge in [-0.05, 0) is 26.0 Å². The second-order valence-corrected chi connectivity index (χ2v) is 5.70. The maximum atomic E-state index is 12.9. The Hall–Kier alpha value is -2.97. The van der Waals surface area contributed by atoms with Gasteiger partial charge in [0.15, 0.2) is 5.82 Å². The molecule has 0 unspecified atom stereocenters. The molecular formula is C15H14F2N6O. The van der Waals surface area contributed by atoms with E-state index in [0.717, 1.165) is 19.4 Å². The van der Waals surface area contributed by atoms with Crippen molar-refractivity contribution in [2.45, 2.75) is 20.3 Å². The van der Waals surface area contributed by atoms with Gasteiger partial charge in [0.1, 0.15) is 10.9 Å². The summed E-state index contributed by atoms with van der Waals surface area (Å²) in [5, 5.41) is 10.3. The van der Waals surface area contributed by atoms with Crippen molar-refractivity contribution in [2.75, 3.05) is 5.32 Å². The zero-order chi connectivity index (χ0) is 17.3. The Morgan fingerprint density at radius 2 is 2.00 bits per heavy atom. The number of hydrogen-bond acceptors (Lipinski definition) is 5. The third kappa shape index (κ3) is 2.80. The van der Waals surface area contributed by atoms with Crippen LogP contribution in [0.15, 0.2) is 36.5 Å². The molecule has 0 aliphatic carbocycles. The molecule has 0 atom stereocenters. The van der Waals surface area contributed by atoms with E-state index in [1.54, 1.807) is 12.1 Å². The minimum absolute atomic E-state index is 0.0780. The van der Waals surface area contributed by atoms with Crippen LogP contribution < -0.4 is 5.32 Å². The number of amides is 1. The van der Waals surface area contributed by atoms with Crippen molar-refractivity contribution in [3.8, 4) is 5.82 Å². The van der Waals surface area contributed by atoms with Crippen LogP contribution in [0.4, 0.5) is 14.7 Å². The van der Waals surface area contributed by atoms with Crippen LogP contribution in [-0.2, 0) is 4.79 Å². The predicted octanol–water partition coefficient (Wildman–Crippen LogP) is 2.44. The summed E-state index contributed by atoms with van der Waals surface area (Å²) in [6.45, 7) is 2.31. The van der Waals surface area contributed by atoms with Gasteiger partial charge in [-0.1, -0.05) is 17.3 Å². The zero-order valence-corrected chi connectivity index (χ0v) is 12.9. The van der Waals surface area contributed by atoms with Crippen molar-refractivity contribution in [1.29, 1.82) is 0 Å². The number of benzene rings is 1. The highest BCUT2D eigenvalue weighted by Crippen LogP contribution is 2.26. The first-order chi connectivity index (χ1) is 11.4. The van der Waals surface area contributed by atoms with Gasteiger partial charge in [0.05, 0.1) is 5.52 Å². The maximum Gasteiger partial charge on any atom is 0.252 e. The van der Waals surface area contributed by atoms with E-state index in [1.807, 2.05) is 18.2 Å². The van der Waals surface area contributed by atoms with Crippen molar-refractivity contribution in [2.24, 2.45) is 5.41 Å². The van der Waals surface area contributed by atoms with Gasteiger partial charge in [-0.25, -0.2) is 13.8 Å². The summed E-state index contributed by atoms with van der Waals surface area (Å²) < 4.78 is 27.3. The highest BCUT2D eigenvalue weighted by Gasteiger charge is 2.38. The smallest absolute Gasteiger partial charge is 0.252 e. The lowest BCUT2D eigenvalue weighted by atomic mass is 9.93. The van der Waals surface area contributed by atoms with Crippen molar-refractivity contribution in [3.05, 3.63) is 36.5 Å². The van der Waals surface area contributed by atoms with E-state index in [1.165, 1.54) is 10.9 Å². The molecule has 1 N–H and O–H groups in total. The Morgan fingerprint density at radius 1 is 1.25 bits per heavy atom. The molecule has 24 heavy (non-hydrogen) atoms. The van der Waals surface area contributed by atoms with Crippen molar-refractivity contribution in [3.63, 3.8) is 0 Å². The highest BCUT2D eigenvalue weighted by atomic mass is 19.3. The monoisotopic (exact) mass is 332 g/mol. The molecule has 0 aliphatic rings. The molecule has 124 valence electrons. The molecule has 1 amide bonds. The molecule has 7 nitrogen and oxygen atoms in total. The Bertz CT molecular complexity index is 892. The predicted molar refractivity (Wildman–Crippen MR) is 82.9 cm³/mol. The van der Waals surface area contributed by atoms with Gasteiger partial charge in [0.2, 0.25) is 11.9 Å². The van der Waals surface area contributed by atoms with Gasteiger partial charge in [0, 0.05) is 12.3 Å². The summed E-state index contributed by atoms with van der Waals surface area (Å²) in [5.41, 5.74) is -0.443. The van der Waals surface area contributed by atoms with Crippen molar-refractivity contribution in [1.82, 2.24) is 25.0 Å². The fourth-order valence-corrected chi connectivity index (χ4v) is 1.93. The summed E-state index contributed by atoms with van der Waals surface area (Å²) in [7, 11) is 0. The van der Waals surface area contributed by atoms with E-state index in [-0.39, 0.29) is 5.95 Å². The summed E-state index contributed by atoms with van der Waals surface area (Å²) in [6.07, 6.45) is -1.40. The van der Waals surface area contributed by atoms with Crippen LogP contribution in [-0.4, -0.2) is 37.3 Å². The van der Waals surface area contributed by atoms with Crippen LogP contribution in [0.2, 0.25) is 0 Å². The number of anilines is 1. The molecule has 1 aromatic carbocycles. The van der Waals surface area contributed by atoms with Crippen LogP contribution in [0.25, 0.3) is 16.9 Å². The number of nitrogens with zero attached hydrogens (tertiary/aromatic N) is 5. The SMILES string of the molecule is CC(C)(C(=O)Nc1nccc(-n2nnc3ccccc32)n1)C(F)F. The van der Waals surface area contributed by atoms with Crippen LogP contribution in [0, 0.1) is 5.41 Å². The van der Waals surface area contributed by atoms with E-state index in [4.69, 9.17) is 0 Å². The molecule has 3 rings (SSSR count). The molecule has 0 saturated heterocycles. The first-order valence-corrected chi connectivity index (χ1v) is 7.13. The number of para-hydroxylation sites is 1. The fourth-order valence-electron chi connectivity index (χ4n) is 1.93. The second kappa shape index (κ2) is 5.91. The fraction of sp³-hybridized carbons (Fsp3) is 0.267. The molecular weight excluding hydrogens is 318 g/mol. The highest BCUT2D eigenvalue weighted by molar-refractivity contribution is 5.93. The molecule has 0 fully saturated rings. The van der Waals surface area contributed by atoms with E-state index in [9.17, 15) is 13.6 Å². The molecule has 0 radical (unpaired) electrons. The number of hydrogen-bond donors (Lipinski definition) is 1. The third-order valence-electron chi connectivity index (χ3n) is 3.57. The van der Waals surface area contributed by atoms with E-state index in [2.05, 4.69) is 25.6 Å². The largest absolute Gasteiger partial charge is 0.294 e. The number of halogens is 2. The van der Waals surface area contributed by atoms with Gasteiger partial charge in [0.25, 0.3) is 6.43 Å².